The lowest BCUT2D eigenvalue weighted by atomic mass is 9.76. The molecule has 158 valence electrons. The maximum absolute atomic E-state index is 15.0. The van der Waals surface area contributed by atoms with Crippen LogP contribution in [0.4, 0.5) is 8.78 Å². The molecule has 3 heteroatoms. The van der Waals surface area contributed by atoms with Gasteiger partial charge in [0.25, 0.3) is 0 Å². The van der Waals surface area contributed by atoms with Gasteiger partial charge in [0.2, 0.25) is 0 Å². The number of unbranched alkanes of at least 4 members (excludes halogenated alkanes) is 4. The summed E-state index contributed by atoms with van der Waals surface area (Å²) < 4.78 is 35.2. The number of ether oxygens (including phenoxy) is 1. The Hall–Kier alpha value is -1.38. The molecule has 0 aromatic heterocycles. The predicted molar refractivity (Wildman–Crippen MR) is 114 cm³/mol. The molecular formula is C25H38F2O. The zero-order chi connectivity index (χ0) is 20.4. The lowest BCUT2D eigenvalue weighted by Crippen LogP contribution is -2.16. The molecule has 1 saturated carbocycles. The molecule has 1 aromatic carbocycles. The van der Waals surface area contributed by atoms with E-state index in [0.29, 0.717) is 23.3 Å². The first-order valence-electron chi connectivity index (χ1n) is 11.3. The van der Waals surface area contributed by atoms with Crippen LogP contribution < -0.4 is 4.74 Å². The second-order valence-corrected chi connectivity index (χ2v) is 8.31. The van der Waals surface area contributed by atoms with E-state index < -0.39 is 11.6 Å². The normalized spacial score (nSPS) is 20.0. The van der Waals surface area contributed by atoms with Crippen LogP contribution in [-0.4, -0.2) is 7.11 Å². The average Bonchev–Trinajstić information content (AvgIpc) is 2.71. The molecule has 0 spiro atoms. The lowest BCUT2D eigenvalue weighted by molar-refractivity contribution is 0.290. The van der Waals surface area contributed by atoms with Gasteiger partial charge < -0.3 is 4.74 Å². The molecule has 2 rings (SSSR count). The molecule has 0 saturated heterocycles. The van der Waals surface area contributed by atoms with Crippen molar-refractivity contribution in [2.24, 2.45) is 5.92 Å². The van der Waals surface area contributed by atoms with Crippen LogP contribution in [0.25, 0.3) is 0 Å². The summed E-state index contributed by atoms with van der Waals surface area (Å²) in [5.41, 5.74) is 0.852. The van der Waals surface area contributed by atoms with Crippen LogP contribution in [0.2, 0.25) is 0 Å². The van der Waals surface area contributed by atoms with Crippen molar-refractivity contribution in [3.8, 4) is 5.75 Å². The van der Waals surface area contributed by atoms with E-state index in [1.54, 1.807) is 13.2 Å². The SMILES string of the molecule is CCCCC=CCc1cc(OC)c(C2CCC(CCCCC)CC2)c(F)c1F. The van der Waals surface area contributed by atoms with E-state index in [0.717, 1.165) is 50.9 Å². The van der Waals surface area contributed by atoms with E-state index in [9.17, 15) is 8.78 Å². The van der Waals surface area contributed by atoms with Gasteiger partial charge in [-0.05, 0) is 62.0 Å². The van der Waals surface area contributed by atoms with Gasteiger partial charge >= 0.3 is 0 Å². The number of hydrogen-bond acceptors (Lipinski definition) is 1. The summed E-state index contributed by atoms with van der Waals surface area (Å²) in [4.78, 5) is 0. The van der Waals surface area contributed by atoms with Crippen molar-refractivity contribution in [2.45, 2.75) is 96.8 Å². The van der Waals surface area contributed by atoms with Crippen molar-refractivity contribution in [1.29, 1.82) is 0 Å². The molecule has 0 aliphatic heterocycles. The average molecular weight is 393 g/mol. The zero-order valence-corrected chi connectivity index (χ0v) is 18.0. The summed E-state index contributed by atoms with van der Waals surface area (Å²) in [6.07, 6.45) is 16.8. The Bertz CT molecular complexity index is 615. The lowest BCUT2D eigenvalue weighted by Gasteiger charge is -2.30. The number of halogens is 2. The summed E-state index contributed by atoms with van der Waals surface area (Å²) >= 11 is 0. The van der Waals surface area contributed by atoms with E-state index in [4.69, 9.17) is 4.74 Å². The molecule has 0 bridgehead atoms. The second kappa shape index (κ2) is 12.2. The highest BCUT2D eigenvalue weighted by atomic mass is 19.2. The van der Waals surface area contributed by atoms with E-state index in [1.165, 1.54) is 25.7 Å². The summed E-state index contributed by atoms with van der Waals surface area (Å²) in [6, 6.07) is 1.71. The van der Waals surface area contributed by atoms with Gasteiger partial charge in [-0.2, -0.15) is 0 Å². The van der Waals surface area contributed by atoms with Crippen LogP contribution in [0, 0.1) is 17.6 Å². The highest BCUT2D eigenvalue weighted by molar-refractivity contribution is 5.43. The first-order chi connectivity index (χ1) is 13.6. The molecule has 0 amide bonds. The molecule has 0 atom stereocenters. The first kappa shape index (κ1) is 22.9. The summed E-state index contributed by atoms with van der Waals surface area (Å²) in [7, 11) is 1.56. The van der Waals surface area contributed by atoms with Crippen molar-refractivity contribution < 1.29 is 13.5 Å². The smallest absolute Gasteiger partial charge is 0.166 e. The van der Waals surface area contributed by atoms with Crippen molar-refractivity contribution in [3.63, 3.8) is 0 Å². The summed E-state index contributed by atoms with van der Waals surface area (Å²) in [5, 5.41) is 0. The Morgan fingerprint density at radius 2 is 1.68 bits per heavy atom. The predicted octanol–water partition coefficient (Wildman–Crippen LogP) is 8.12. The molecule has 0 unspecified atom stereocenters. The highest BCUT2D eigenvalue weighted by Crippen LogP contribution is 2.43. The van der Waals surface area contributed by atoms with Crippen molar-refractivity contribution in [2.75, 3.05) is 7.11 Å². The van der Waals surface area contributed by atoms with Gasteiger partial charge in [-0.1, -0.05) is 64.5 Å². The van der Waals surface area contributed by atoms with Gasteiger partial charge in [0, 0.05) is 5.56 Å². The molecule has 28 heavy (non-hydrogen) atoms. The number of hydrogen-bond donors (Lipinski definition) is 0. The monoisotopic (exact) mass is 392 g/mol. The molecule has 1 fully saturated rings. The second-order valence-electron chi connectivity index (χ2n) is 8.31. The van der Waals surface area contributed by atoms with Gasteiger partial charge in [-0.25, -0.2) is 8.78 Å². The number of rotatable bonds is 11. The minimum atomic E-state index is -0.694. The highest BCUT2D eigenvalue weighted by Gasteiger charge is 2.29. The fourth-order valence-electron chi connectivity index (χ4n) is 4.44. The quantitative estimate of drug-likeness (QED) is 0.273. The van der Waals surface area contributed by atoms with Gasteiger partial charge in [0.05, 0.1) is 7.11 Å². The van der Waals surface area contributed by atoms with Crippen molar-refractivity contribution in [3.05, 3.63) is 41.0 Å². The minimum absolute atomic E-state index is 0.0704. The molecular weight excluding hydrogens is 354 g/mol. The third kappa shape index (κ3) is 6.32. The Kier molecular flexibility index (Phi) is 10.0. The van der Waals surface area contributed by atoms with Crippen LogP contribution in [0.15, 0.2) is 18.2 Å². The Morgan fingerprint density at radius 1 is 0.964 bits per heavy atom. The molecule has 1 aliphatic rings. The maximum atomic E-state index is 15.0. The molecule has 1 nitrogen and oxygen atoms in total. The van der Waals surface area contributed by atoms with E-state index >= 15 is 0 Å². The molecule has 1 aliphatic carbocycles. The van der Waals surface area contributed by atoms with Crippen LogP contribution >= 0.6 is 0 Å². The number of methoxy groups -OCH3 is 1. The van der Waals surface area contributed by atoms with E-state index in [-0.39, 0.29) is 5.92 Å². The van der Waals surface area contributed by atoms with Gasteiger partial charge in [-0.15, -0.1) is 0 Å². The zero-order valence-electron chi connectivity index (χ0n) is 18.0. The fourth-order valence-corrected chi connectivity index (χ4v) is 4.44. The van der Waals surface area contributed by atoms with E-state index in [1.807, 2.05) is 6.08 Å². The van der Waals surface area contributed by atoms with Gasteiger partial charge in [0.1, 0.15) is 5.75 Å². The topological polar surface area (TPSA) is 9.23 Å². The molecule has 0 radical (unpaired) electrons. The molecule has 0 heterocycles. The third-order valence-corrected chi connectivity index (χ3v) is 6.20. The maximum Gasteiger partial charge on any atom is 0.166 e. The van der Waals surface area contributed by atoms with E-state index in [2.05, 4.69) is 19.9 Å². The van der Waals surface area contributed by atoms with Crippen molar-refractivity contribution in [1.82, 2.24) is 0 Å². The van der Waals surface area contributed by atoms with Crippen LogP contribution in [0.5, 0.6) is 5.75 Å². The fraction of sp³-hybridized carbons (Fsp3) is 0.680. The Balaban J connectivity index is 2.06. The van der Waals surface area contributed by atoms with Gasteiger partial charge in [-0.3, -0.25) is 0 Å². The van der Waals surface area contributed by atoms with Crippen LogP contribution in [0.3, 0.4) is 0 Å². The third-order valence-electron chi connectivity index (χ3n) is 6.20. The Labute approximate surface area is 170 Å². The van der Waals surface area contributed by atoms with Crippen molar-refractivity contribution >= 4 is 0 Å². The molecule has 0 N–H and O–H groups in total. The van der Waals surface area contributed by atoms with Crippen LogP contribution in [-0.2, 0) is 6.42 Å². The summed E-state index contributed by atoms with van der Waals surface area (Å²) in [5.74, 6) is -0.0488. The molecule has 1 aromatic rings. The standard InChI is InChI=1S/C25H38F2O/c1-4-6-8-9-11-13-21-18-22(28-3)23(25(27)24(21)26)20-16-14-19(15-17-20)12-10-7-5-2/h9,11,18-20H,4-8,10,12-17H2,1-3H3. The van der Waals surface area contributed by atoms with Gasteiger partial charge in [0.15, 0.2) is 11.6 Å². The Morgan fingerprint density at radius 3 is 2.32 bits per heavy atom. The minimum Gasteiger partial charge on any atom is -0.496 e. The summed E-state index contributed by atoms with van der Waals surface area (Å²) in [6.45, 7) is 4.37. The van der Waals surface area contributed by atoms with Crippen LogP contribution in [0.1, 0.15) is 102 Å². The number of allylic oxidation sites excluding steroid dienone is 2. The largest absolute Gasteiger partial charge is 0.496 e. The first-order valence-corrected chi connectivity index (χ1v) is 11.3. The number of benzene rings is 1.